The van der Waals surface area contributed by atoms with Crippen LogP contribution in [0.4, 0.5) is 10.1 Å². The van der Waals surface area contributed by atoms with Gasteiger partial charge in [-0.05, 0) is 0 Å². The fraction of sp³-hybridized carbons (Fsp3) is 0.423. The normalized spacial score (nSPS) is 17.1. The molecule has 3 N–H and O–H groups in total. The van der Waals surface area contributed by atoms with Gasteiger partial charge in [0.05, 0.1) is 0 Å². The Labute approximate surface area is 205 Å². The average Bonchev–Trinajstić information content (AvgIpc) is 3.35. The summed E-state index contributed by atoms with van der Waals surface area (Å²) in [6.07, 6.45) is 0.889. The fourth-order valence-corrected chi connectivity index (χ4v) is 5.19. The molecule has 2 aromatic carbocycles. The molecule has 1 atom stereocenters. The molecule has 2 heterocycles. The summed E-state index contributed by atoms with van der Waals surface area (Å²) in [5, 5.41) is 23.5. The molecular formula is C26H29CoFN2O4. The van der Waals surface area contributed by atoms with Gasteiger partial charge in [-0.2, -0.15) is 0 Å². The van der Waals surface area contributed by atoms with Crippen molar-refractivity contribution in [2.45, 2.75) is 57.1 Å². The number of aliphatic hydroxyl groups excluding tert-OH is 2. The second-order valence-electron chi connectivity index (χ2n) is 10.2. The molecule has 6 nitrogen and oxygen atoms in total. The molecule has 1 aliphatic heterocycles. The Balaban J connectivity index is 1.47. The molecule has 1 aromatic heterocycles. The third-order valence-electron chi connectivity index (χ3n) is 6.68. The van der Waals surface area contributed by atoms with E-state index in [2.05, 4.69) is 26.1 Å². The Bertz CT molecular complexity index is 1280. The van der Waals surface area contributed by atoms with Crippen LogP contribution in [0.15, 0.2) is 36.4 Å². The van der Waals surface area contributed by atoms with Gasteiger partial charge in [0.25, 0.3) is 0 Å². The molecule has 0 saturated heterocycles. The molecule has 1 aliphatic carbocycles. The van der Waals surface area contributed by atoms with Crippen LogP contribution in [0.5, 0.6) is 11.5 Å². The van der Waals surface area contributed by atoms with Gasteiger partial charge >= 0.3 is 206 Å². The molecule has 183 valence electrons. The van der Waals surface area contributed by atoms with E-state index in [0.717, 1.165) is 41.0 Å². The molecule has 1 fully saturated rings. The van der Waals surface area contributed by atoms with Crippen molar-refractivity contribution in [1.82, 2.24) is 4.57 Å². The first kappa shape index (κ1) is 23.4. The molecule has 0 amide bonds. The molecule has 0 radical (unpaired) electrons. The molecule has 1 saturated carbocycles. The van der Waals surface area contributed by atoms with Crippen molar-refractivity contribution >= 4 is 21.2 Å². The van der Waals surface area contributed by atoms with Gasteiger partial charge in [-0.15, -0.1) is 0 Å². The summed E-state index contributed by atoms with van der Waals surface area (Å²) >= 11 is 4.84. The second-order valence-corrected chi connectivity index (χ2v) is 10.7. The molecule has 2 aliphatic rings. The SMILES string of the molecule is CC(C)(C)c1cc2cc(N[C](=[Co])C3(c4ccc5c(c4)OCO5)CC3)c(F)cc2n1C[C@@H](O)CO. The van der Waals surface area contributed by atoms with Crippen LogP contribution in [0.25, 0.3) is 10.9 Å². The van der Waals surface area contributed by atoms with E-state index < -0.39 is 11.9 Å². The quantitative estimate of drug-likeness (QED) is 0.448. The Morgan fingerprint density at radius 1 is 1.18 bits per heavy atom. The van der Waals surface area contributed by atoms with E-state index >= 15 is 4.39 Å². The van der Waals surface area contributed by atoms with Crippen LogP contribution in [-0.2, 0) is 32.7 Å². The van der Waals surface area contributed by atoms with Crippen LogP contribution in [0.3, 0.4) is 0 Å². The first-order valence-electron chi connectivity index (χ1n) is 11.4. The summed E-state index contributed by atoms with van der Waals surface area (Å²) < 4.78 is 28.8. The Hall–Kier alpha value is -2.39. The third-order valence-corrected chi connectivity index (χ3v) is 7.30. The van der Waals surface area contributed by atoms with Gasteiger partial charge in [-0.1, -0.05) is 0 Å². The van der Waals surface area contributed by atoms with E-state index in [1.54, 1.807) is 6.07 Å². The van der Waals surface area contributed by atoms with Crippen LogP contribution in [0.2, 0.25) is 0 Å². The Morgan fingerprint density at radius 2 is 1.91 bits per heavy atom. The summed E-state index contributed by atoms with van der Waals surface area (Å²) in [4.78, 5) is 0. The first-order chi connectivity index (χ1) is 16.1. The molecular weight excluding hydrogens is 482 g/mol. The number of rotatable bonds is 7. The van der Waals surface area contributed by atoms with Gasteiger partial charge < -0.3 is 0 Å². The monoisotopic (exact) mass is 511 g/mol. The van der Waals surface area contributed by atoms with Crippen molar-refractivity contribution in [2.75, 3.05) is 18.7 Å². The van der Waals surface area contributed by atoms with Gasteiger partial charge in [0, 0.05) is 0 Å². The third kappa shape index (κ3) is 4.02. The number of ether oxygens (including phenoxy) is 2. The number of benzene rings is 2. The number of nitrogens with one attached hydrogen (secondary N) is 1. The molecule has 0 bridgehead atoms. The average molecular weight is 511 g/mol. The number of fused-ring (bicyclic) bond motifs is 2. The maximum absolute atomic E-state index is 15.3. The van der Waals surface area contributed by atoms with Crippen LogP contribution in [0, 0.1) is 5.82 Å². The molecule has 3 aromatic rings. The number of anilines is 1. The summed E-state index contributed by atoms with van der Waals surface area (Å²) in [5.41, 5.74) is 2.53. The zero-order valence-electron chi connectivity index (χ0n) is 19.4. The van der Waals surface area contributed by atoms with Crippen molar-refractivity contribution in [1.29, 1.82) is 0 Å². The topological polar surface area (TPSA) is 75.9 Å². The maximum atomic E-state index is 15.3. The van der Waals surface area contributed by atoms with Gasteiger partial charge in [0.15, 0.2) is 0 Å². The van der Waals surface area contributed by atoms with E-state index in [0.29, 0.717) is 15.8 Å². The van der Waals surface area contributed by atoms with Gasteiger partial charge in [-0.25, -0.2) is 0 Å². The number of nitrogens with zero attached hydrogens (tertiary/aromatic N) is 1. The number of halogens is 1. The molecule has 5 rings (SSSR count). The number of hydrogen-bond donors (Lipinski definition) is 3. The van der Waals surface area contributed by atoms with Gasteiger partial charge in [0.1, 0.15) is 0 Å². The second kappa shape index (κ2) is 8.37. The van der Waals surface area contributed by atoms with E-state index in [1.807, 2.05) is 28.8 Å². The summed E-state index contributed by atoms with van der Waals surface area (Å²) in [7, 11) is 0. The van der Waals surface area contributed by atoms with Crippen molar-refractivity contribution in [3.05, 3.63) is 53.5 Å². The van der Waals surface area contributed by atoms with Crippen molar-refractivity contribution in [3.63, 3.8) is 0 Å². The molecule has 0 spiro atoms. The molecule has 34 heavy (non-hydrogen) atoms. The van der Waals surface area contributed by atoms with Crippen LogP contribution < -0.4 is 14.8 Å². The van der Waals surface area contributed by atoms with Crippen molar-refractivity contribution in [2.24, 2.45) is 0 Å². The summed E-state index contributed by atoms with van der Waals surface area (Å²) in [5.74, 6) is 1.05. The summed E-state index contributed by atoms with van der Waals surface area (Å²) in [6.45, 7) is 6.26. The van der Waals surface area contributed by atoms with Crippen LogP contribution >= 0.6 is 0 Å². The number of aliphatic hydroxyl groups is 2. The van der Waals surface area contributed by atoms with Gasteiger partial charge in [0.2, 0.25) is 0 Å². The van der Waals surface area contributed by atoms with E-state index in [-0.39, 0.29) is 30.8 Å². The predicted molar refractivity (Wildman–Crippen MR) is 126 cm³/mol. The zero-order valence-corrected chi connectivity index (χ0v) is 20.5. The van der Waals surface area contributed by atoms with E-state index in [1.165, 1.54) is 6.07 Å². The fourth-order valence-electron chi connectivity index (χ4n) is 4.63. The van der Waals surface area contributed by atoms with E-state index in [4.69, 9.17) is 24.8 Å². The minimum atomic E-state index is -0.925. The predicted octanol–water partition coefficient (Wildman–Crippen LogP) is 3.98. The van der Waals surface area contributed by atoms with Crippen molar-refractivity contribution in [3.8, 4) is 11.5 Å². The number of aromatic nitrogens is 1. The molecule has 0 unspecified atom stereocenters. The minimum absolute atomic E-state index is 0.190. The zero-order chi connectivity index (χ0) is 24.3. The number of hydrogen-bond acceptors (Lipinski definition) is 5. The van der Waals surface area contributed by atoms with E-state index in [9.17, 15) is 10.2 Å². The van der Waals surface area contributed by atoms with Crippen LogP contribution in [-0.4, -0.2) is 38.9 Å². The summed E-state index contributed by atoms with van der Waals surface area (Å²) in [6, 6.07) is 11.2. The first-order valence-corrected chi connectivity index (χ1v) is 11.9. The Morgan fingerprint density at radius 3 is 2.59 bits per heavy atom. The molecule has 8 heteroatoms. The Kier molecular flexibility index (Phi) is 5.75. The standard InChI is InChI=1S/C26H29FN2O4.Co/c1-25(2,3)24-9-16-8-20(19(27)11-21(16)29(24)12-18(31)13-30)28-14-26(6-7-26)17-4-5-22-23(10-17)33-15-32-22;/h4-5,8-11,18,28,30-31H,6-7,12-13,15H2,1-3H3;/t18-;/m1./s1. The van der Waals surface area contributed by atoms with Crippen LogP contribution in [0.1, 0.15) is 44.9 Å². The van der Waals surface area contributed by atoms with Gasteiger partial charge in [-0.3, -0.25) is 0 Å². The van der Waals surface area contributed by atoms with Crippen molar-refractivity contribution < 1.29 is 39.4 Å².